The van der Waals surface area contributed by atoms with Gasteiger partial charge in [-0.3, -0.25) is 9.71 Å². The highest BCUT2D eigenvalue weighted by Gasteiger charge is 2.20. The molecule has 8 heteroatoms. The molecule has 0 spiro atoms. The van der Waals surface area contributed by atoms with Crippen LogP contribution in [-0.2, 0) is 21.4 Å². The van der Waals surface area contributed by atoms with Gasteiger partial charge in [-0.2, -0.15) is 0 Å². The Morgan fingerprint density at radius 2 is 1.73 bits per heavy atom. The minimum absolute atomic E-state index is 0.0197. The molecule has 134 valence electrons. The van der Waals surface area contributed by atoms with Crippen LogP contribution in [0.3, 0.4) is 0 Å². The van der Waals surface area contributed by atoms with Crippen molar-refractivity contribution in [2.45, 2.75) is 11.5 Å². The number of methoxy groups -OCH3 is 1. The highest BCUT2D eigenvalue weighted by molar-refractivity contribution is 7.92. The molecule has 0 amide bonds. The predicted octanol–water partition coefficient (Wildman–Crippen LogP) is 3.74. The third-order valence-corrected chi connectivity index (χ3v) is 5.43. The number of nitrogens with zero attached hydrogens (tertiary/aromatic N) is 2. The number of ether oxygens (including phenoxy) is 1. The van der Waals surface area contributed by atoms with Crippen LogP contribution >= 0.6 is 11.6 Å². The van der Waals surface area contributed by atoms with E-state index < -0.39 is 10.0 Å². The first-order valence-corrected chi connectivity index (χ1v) is 9.54. The Hall–Kier alpha value is -2.48. The first-order chi connectivity index (χ1) is 12.5. The Bertz CT molecular complexity index is 1010. The Balaban J connectivity index is 1.96. The number of rotatable bonds is 6. The van der Waals surface area contributed by atoms with Crippen molar-refractivity contribution in [3.63, 3.8) is 0 Å². The number of hydrogen-bond donors (Lipinski definition) is 1. The molecular formula is C18H16ClN3O3S. The SMILES string of the molecule is COCc1ccc(-c2nccnc2NS(=O)(=O)c2ccccc2Cl)cc1. The largest absolute Gasteiger partial charge is 0.380 e. The smallest absolute Gasteiger partial charge is 0.264 e. The van der Waals surface area contributed by atoms with E-state index in [0.717, 1.165) is 11.1 Å². The van der Waals surface area contributed by atoms with Crippen LogP contribution in [0.4, 0.5) is 5.82 Å². The summed E-state index contributed by atoms with van der Waals surface area (Å²) in [6.45, 7) is 0.493. The molecule has 0 radical (unpaired) electrons. The average Bonchev–Trinajstić information content (AvgIpc) is 2.63. The minimum Gasteiger partial charge on any atom is -0.380 e. The van der Waals surface area contributed by atoms with E-state index in [-0.39, 0.29) is 15.7 Å². The van der Waals surface area contributed by atoms with Crippen molar-refractivity contribution < 1.29 is 13.2 Å². The summed E-state index contributed by atoms with van der Waals surface area (Å²) < 4.78 is 32.9. The number of anilines is 1. The zero-order valence-electron chi connectivity index (χ0n) is 13.9. The van der Waals surface area contributed by atoms with E-state index in [1.54, 1.807) is 19.2 Å². The maximum atomic E-state index is 12.7. The van der Waals surface area contributed by atoms with E-state index in [0.29, 0.717) is 12.3 Å². The van der Waals surface area contributed by atoms with Crippen LogP contribution in [0.25, 0.3) is 11.3 Å². The third kappa shape index (κ3) is 4.01. The van der Waals surface area contributed by atoms with Crippen molar-refractivity contribution in [1.82, 2.24) is 9.97 Å². The molecule has 0 saturated carbocycles. The Morgan fingerprint density at radius 3 is 2.42 bits per heavy atom. The summed E-state index contributed by atoms with van der Waals surface area (Å²) in [5, 5.41) is 0.134. The molecule has 1 N–H and O–H groups in total. The maximum Gasteiger partial charge on any atom is 0.264 e. The van der Waals surface area contributed by atoms with Crippen molar-refractivity contribution in [3.8, 4) is 11.3 Å². The van der Waals surface area contributed by atoms with Crippen LogP contribution in [0.15, 0.2) is 65.8 Å². The second-order valence-electron chi connectivity index (χ2n) is 5.42. The highest BCUT2D eigenvalue weighted by atomic mass is 35.5. The van der Waals surface area contributed by atoms with Crippen LogP contribution in [-0.4, -0.2) is 25.5 Å². The molecule has 1 aromatic heterocycles. The van der Waals surface area contributed by atoms with Gasteiger partial charge in [-0.1, -0.05) is 48.0 Å². The van der Waals surface area contributed by atoms with Gasteiger partial charge in [-0.05, 0) is 17.7 Å². The topological polar surface area (TPSA) is 81.2 Å². The maximum absolute atomic E-state index is 12.7. The quantitative estimate of drug-likeness (QED) is 0.694. The number of hydrogen-bond acceptors (Lipinski definition) is 5. The molecule has 0 aliphatic heterocycles. The van der Waals surface area contributed by atoms with E-state index in [1.165, 1.54) is 24.5 Å². The van der Waals surface area contributed by atoms with E-state index in [4.69, 9.17) is 16.3 Å². The second kappa shape index (κ2) is 7.82. The summed E-state index contributed by atoms with van der Waals surface area (Å²) in [5.74, 6) is 0.131. The summed E-state index contributed by atoms with van der Waals surface area (Å²) in [6.07, 6.45) is 2.93. The van der Waals surface area contributed by atoms with Gasteiger partial charge in [0.2, 0.25) is 0 Å². The molecule has 0 saturated heterocycles. The lowest BCUT2D eigenvalue weighted by molar-refractivity contribution is 0.185. The lowest BCUT2D eigenvalue weighted by Crippen LogP contribution is -2.15. The summed E-state index contributed by atoms with van der Waals surface area (Å²) in [4.78, 5) is 8.39. The minimum atomic E-state index is -3.90. The van der Waals surface area contributed by atoms with E-state index in [9.17, 15) is 8.42 Å². The highest BCUT2D eigenvalue weighted by Crippen LogP contribution is 2.28. The van der Waals surface area contributed by atoms with Gasteiger partial charge in [0.25, 0.3) is 10.0 Å². The van der Waals surface area contributed by atoms with Crippen LogP contribution in [0.1, 0.15) is 5.56 Å². The normalized spacial score (nSPS) is 11.3. The van der Waals surface area contributed by atoms with E-state index >= 15 is 0 Å². The molecule has 1 heterocycles. The lowest BCUT2D eigenvalue weighted by Gasteiger charge is -2.12. The predicted molar refractivity (Wildman–Crippen MR) is 100 cm³/mol. The van der Waals surface area contributed by atoms with Gasteiger partial charge in [0.15, 0.2) is 5.82 Å². The summed E-state index contributed by atoms with van der Waals surface area (Å²) in [5.41, 5.74) is 2.15. The molecule has 2 aromatic carbocycles. The van der Waals surface area contributed by atoms with Gasteiger partial charge in [0, 0.05) is 25.1 Å². The van der Waals surface area contributed by atoms with Crippen molar-refractivity contribution >= 4 is 27.4 Å². The average molecular weight is 390 g/mol. The van der Waals surface area contributed by atoms with Gasteiger partial charge < -0.3 is 4.74 Å². The molecular weight excluding hydrogens is 374 g/mol. The van der Waals surface area contributed by atoms with E-state index in [2.05, 4.69) is 14.7 Å². The number of aromatic nitrogens is 2. The molecule has 0 atom stereocenters. The van der Waals surface area contributed by atoms with Gasteiger partial charge in [-0.15, -0.1) is 0 Å². The standard InChI is InChI=1S/C18H16ClN3O3S/c1-25-12-13-6-8-14(9-7-13)17-18(21-11-10-20-17)22-26(23,24)16-5-3-2-4-15(16)19/h2-11H,12H2,1H3,(H,21,22). The summed E-state index contributed by atoms with van der Waals surface area (Å²) >= 11 is 6.01. The Kier molecular flexibility index (Phi) is 5.51. The molecule has 0 fully saturated rings. The Labute approximate surface area is 156 Å². The fourth-order valence-electron chi connectivity index (χ4n) is 2.39. The second-order valence-corrected chi connectivity index (χ2v) is 7.48. The molecule has 0 aliphatic rings. The first kappa shape index (κ1) is 18.3. The monoisotopic (exact) mass is 389 g/mol. The molecule has 0 aliphatic carbocycles. The fourth-order valence-corrected chi connectivity index (χ4v) is 3.93. The van der Waals surface area contributed by atoms with Gasteiger partial charge in [0.1, 0.15) is 10.6 Å². The van der Waals surface area contributed by atoms with Crippen LogP contribution in [0, 0.1) is 0 Å². The molecule has 6 nitrogen and oxygen atoms in total. The van der Waals surface area contributed by atoms with Crippen LogP contribution in [0.2, 0.25) is 5.02 Å². The van der Waals surface area contributed by atoms with Crippen molar-refractivity contribution in [3.05, 3.63) is 71.5 Å². The van der Waals surface area contributed by atoms with Crippen LogP contribution < -0.4 is 4.72 Å². The van der Waals surface area contributed by atoms with Gasteiger partial charge >= 0.3 is 0 Å². The summed E-state index contributed by atoms with van der Waals surface area (Å²) in [6, 6.07) is 13.7. The fraction of sp³-hybridized carbons (Fsp3) is 0.111. The molecule has 0 unspecified atom stereocenters. The molecule has 3 aromatic rings. The number of halogens is 1. The van der Waals surface area contributed by atoms with Crippen molar-refractivity contribution in [1.29, 1.82) is 0 Å². The first-order valence-electron chi connectivity index (χ1n) is 7.68. The van der Waals surface area contributed by atoms with Crippen molar-refractivity contribution in [2.75, 3.05) is 11.8 Å². The number of sulfonamides is 1. The summed E-state index contributed by atoms with van der Waals surface area (Å²) in [7, 11) is -2.27. The molecule has 3 rings (SSSR count). The third-order valence-electron chi connectivity index (χ3n) is 3.59. The van der Waals surface area contributed by atoms with Crippen molar-refractivity contribution in [2.24, 2.45) is 0 Å². The van der Waals surface area contributed by atoms with Crippen LogP contribution in [0.5, 0.6) is 0 Å². The number of nitrogens with one attached hydrogen (secondary N) is 1. The van der Waals surface area contributed by atoms with Gasteiger partial charge in [-0.25, -0.2) is 13.4 Å². The lowest BCUT2D eigenvalue weighted by atomic mass is 10.1. The van der Waals surface area contributed by atoms with Gasteiger partial charge in [0.05, 0.1) is 11.6 Å². The zero-order valence-corrected chi connectivity index (χ0v) is 15.5. The Morgan fingerprint density at radius 1 is 1.04 bits per heavy atom. The molecule has 0 bridgehead atoms. The number of benzene rings is 2. The molecule has 26 heavy (non-hydrogen) atoms. The van der Waals surface area contributed by atoms with E-state index in [1.807, 2.05) is 24.3 Å². The zero-order chi connectivity index (χ0) is 18.6.